The van der Waals surface area contributed by atoms with E-state index in [0.29, 0.717) is 30.3 Å². The van der Waals surface area contributed by atoms with Crippen molar-refractivity contribution in [3.05, 3.63) is 71.8 Å². The number of amides is 12. The number of nitrogens with zero attached hydrogens (tertiary/aromatic N) is 1. The first-order valence-corrected chi connectivity index (χ1v) is 35.1. The summed E-state index contributed by atoms with van der Waals surface area (Å²) in [6.45, 7) is 12.7. The monoisotopic (exact) mass is 1430 g/mol. The average molecular weight is 1430 g/mol. The lowest BCUT2D eigenvalue weighted by Crippen LogP contribution is -2.62. The van der Waals surface area contributed by atoms with E-state index in [2.05, 4.69) is 69.1 Å². The van der Waals surface area contributed by atoms with E-state index in [1.807, 2.05) is 0 Å². The minimum atomic E-state index is -1.95. The molecular weight excluding hydrogens is 1330 g/mol. The first kappa shape index (κ1) is 83.5. The molecule has 2 heterocycles. The first-order valence-electron chi connectivity index (χ1n) is 34.0. The number of aldehydes is 1. The van der Waals surface area contributed by atoms with Gasteiger partial charge in [0.05, 0.1) is 18.2 Å². The van der Waals surface area contributed by atoms with E-state index in [-0.39, 0.29) is 82.5 Å². The number of rotatable bonds is 20. The zero-order valence-corrected chi connectivity index (χ0v) is 59.3. The number of guanidine groups is 2. The summed E-state index contributed by atoms with van der Waals surface area (Å²) in [5.74, 6) is -15.1. The molecule has 2 aliphatic heterocycles. The molecule has 101 heavy (non-hydrogen) atoms. The Kier molecular flexibility index (Phi) is 35.0. The van der Waals surface area contributed by atoms with Crippen molar-refractivity contribution in [3.8, 4) is 0 Å². The lowest BCUT2D eigenvalue weighted by molar-refractivity contribution is -0.142. The van der Waals surface area contributed by atoms with Crippen LogP contribution in [0.15, 0.2) is 60.7 Å². The van der Waals surface area contributed by atoms with Crippen LogP contribution in [0.2, 0.25) is 0 Å². The molecular formula is C67H102N18O15S. The third-order valence-electron chi connectivity index (χ3n) is 17.3. The summed E-state index contributed by atoms with van der Waals surface area (Å²) in [7, 11) is 0. The molecule has 0 bridgehead atoms. The second kappa shape index (κ2) is 42.3. The number of carboxylic acids is 1. The number of hydrogen-bond donors (Lipinski definition) is 18. The first-order chi connectivity index (χ1) is 47.9. The Morgan fingerprint density at radius 2 is 0.990 bits per heavy atom. The maximum Gasteiger partial charge on any atom is 0.305 e. The third-order valence-corrected chi connectivity index (χ3v) is 18.3. The summed E-state index contributed by atoms with van der Waals surface area (Å²) < 4.78 is 0. The fraction of sp³-hybridized carbons (Fsp3) is 0.582. The van der Waals surface area contributed by atoms with Gasteiger partial charge in [0.2, 0.25) is 70.9 Å². The number of carbonyl (C=O) groups is 14. The fourth-order valence-electron chi connectivity index (χ4n) is 11.1. The van der Waals surface area contributed by atoms with E-state index in [1.165, 1.54) is 18.7 Å². The largest absolute Gasteiger partial charge is 0.481 e. The van der Waals surface area contributed by atoms with Crippen molar-refractivity contribution in [2.24, 2.45) is 29.2 Å². The quantitative estimate of drug-likeness (QED) is 0.0283. The Labute approximate surface area is 592 Å². The number of carbonyl (C=O) groups excluding carboxylic acids is 13. The number of aliphatic carboxylic acids is 1. The molecule has 2 aromatic carbocycles. The van der Waals surface area contributed by atoms with Crippen LogP contribution < -0.4 is 80.6 Å². The van der Waals surface area contributed by atoms with Gasteiger partial charge in [-0.05, 0) is 81.3 Å². The highest BCUT2D eigenvalue weighted by molar-refractivity contribution is 8.00. The van der Waals surface area contributed by atoms with E-state index < -0.39 is 185 Å². The highest BCUT2D eigenvalue weighted by Crippen LogP contribution is 2.22. The van der Waals surface area contributed by atoms with Gasteiger partial charge in [-0.2, -0.15) is 0 Å². The van der Waals surface area contributed by atoms with Crippen molar-refractivity contribution in [1.29, 1.82) is 10.8 Å². The molecule has 34 heteroatoms. The number of nitrogens with one attached hydrogen (secondary N) is 15. The molecule has 0 saturated carbocycles. The molecule has 0 unspecified atom stereocenters. The van der Waals surface area contributed by atoms with Crippen LogP contribution >= 0.6 is 11.8 Å². The van der Waals surface area contributed by atoms with Crippen molar-refractivity contribution in [3.63, 3.8) is 0 Å². The van der Waals surface area contributed by atoms with Gasteiger partial charge in [0, 0.05) is 38.2 Å². The van der Waals surface area contributed by atoms with E-state index in [0.717, 1.165) is 11.8 Å². The highest BCUT2D eigenvalue weighted by Gasteiger charge is 2.41. The number of carboxylic acid groups (broad SMARTS) is 1. The highest BCUT2D eigenvalue weighted by atomic mass is 32.2. The number of hydrogen-bond acceptors (Lipinski definition) is 17. The molecule has 0 spiro atoms. The maximum atomic E-state index is 14.9. The lowest BCUT2D eigenvalue weighted by Gasteiger charge is -2.31. The summed E-state index contributed by atoms with van der Waals surface area (Å²) in [6, 6.07) is 0.408. The zero-order valence-electron chi connectivity index (χ0n) is 58.5. The van der Waals surface area contributed by atoms with Crippen molar-refractivity contribution in [2.75, 3.05) is 31.1 Å². The Balaban J connectivity index is 1.81. The Morgan fingerprint density at radius 1 is 0.564 bits per heavy atom. The summed E-state index contributed by atoms with van der Waals surface area (Å²) in [5, 5.41) is 59.4. The van der Waals surface area contributed by atoms with Crippen molar-refractivity contribution in [2.45, 2.75) is 199 Å². The molecule has 0 aromatic heterocycles. The maximum absolute atomic E-state index is 14.9. The van der Waals surface area contributed by atoms with Gasteiger partial charge in [-0.1, -0.05) is 115 Å². The predicted octanol–water partition coefficient (Wildman–Crippen LogP) is -2.47. The van der Waals surface area contributed by atoms with Gasteiger partial charge in [-0.25, -0.2) is 0 Å². The zero-order chi connectivity index (χ0) is 75.0. The topological polar surface area (TPSA) is 519 Å². The van der Waals surface area contributed by atoms with Gasteiger partial charge in [-0.15, -0.1) is 11.8 Å². The van der Waals surface area contributed by atoms with Crippen LogP contribution in [-0.2, 0) is 80.0 Å². The lowest BCUT2D eigenvalue weighted by atomic mass is 9.96. The van der Waals surface area contributed by atoms with Crippen LogP contribution in [0.5, 0.6) is 0 Å². The van der Waals surface area contributed by atoms with Crippen LogP contribution in [0, 0.1) is 28.6 Å². The standard InChI is InChI=1S/C67H102N18O15S/c1-9-37(5)53-63(98)75-40(8)56(91)84-54(38(6)10-2)64(99)79-44(24-17-27-72-66(68)69)57(92)80-47(32-51(88)89)60(95)78-45(25-18-28-73-67(70)71)58(93)82-52(36(3)4)62(97)81-48(31-42-22-15-12-16-23-42)65(100)85-29-19-26-49(85)61(96)76-43(33-86)34-101-35-50(87)77-46(30-41-20-13-11-14-21-41)59(94)74-39(7)55(90)83-53/h11-16,20-23,33,36-40,43-49,52-54H,9-10,17-19,24-32,34-35H2,1-8H3,(H,74,94)(H,75,98)(H,76,96)(H,77,87)(H,78,95)(H,79,99)(H,80,92)(H,81,97)(H,82,93)(H,83,90)(H,84,91)(H,88,89)(H4,68,69,72)(H4,70,71,73)/t37-,38-,39-,40-,43+,44-,45-,46-,47-,48-,49-,52-,53-,54-/m0/s1. The van der Waals surface area contributed by atoms with Gasteiger partial charge in [0.15, 0.2) is 11.9 Å². The van der Waals surface area contributed by atoms with Gasteiger partial charge in [0.1, 0.15) is 72.7 Å². The van der Waals surface area contributed by atoms with E-state index in [9.17, 15) is 72.2 Å². The summed E-state index contributed by atoms with van der Waals surface area (Å²) in [5.41, 5.74) is 12.3. The summed E-state index contributed by atoms with van der Waals surface area (Å²) in [4.78, 5) is 198. The Bertz CT molecular complexity index is 3220. The molecule has 2 fully saturated rings. The molecule has 14 atom stereocenters. The number of benzene rings is 2. The third kappa shape index (κ3) is 28.0. The van der Waals surface area contributed by atoms with Crippen LogP contribution in [0.4, 0.5) is 0 Å². The van der Waals surface area contributed by atoms with Crippen LogP contribution in [0.1, 0.15) is 124 Å². The average Bonchev–Trinajstić information content (AvgIpc) is 1.75. The molecule has 33 nitrogen and oxygen atoms in total. The predicted molar refractivity (Wildman–Crippen MR) is 375 cm³/mol. The molecule has 12 amide bonds. The second-order valence-corrected chi connectivity index (χ2v) is 26.7. The summed E-state index contributed by atoms with van der Waals surface area (Å²) in [6.07, 6.45) is -0.0132. The molecule has 2 aliphatic rings. The molecule has 556 valence electrons. The Hall–Kier alpha value is -9.89. The van der Waals surface area contributed by atoms with Crippen molar-refractivity contribution < 1.29 is 72.2 Å². The smallest absolute Gasteiger partial charge is 0.305 e. The molecule has 2 saturated heterocycles. The van der Waals surface area contributed by atoms with E-state index in [1.54, 1.807) is 102 Å². The fourth-order valence-corrected chi connectivity index (χ4v) is 11.9. The number of fused-ring (bicyclic) bond motifs is 1. The minimum Gasteiger partial charge on any atom is -0.481 e. The molecule has 0 aliphatic carbocycles. The minimum absolute atomic E-state index is 0.00724. The van der Waals surface area contributed by atoms with Gasteiger partial charge in [-0.3, -0.25) is 73.1 Å². The van der Waals surface area contributed by atoms with Crippen molar-refractivity contribution >= 4 is 107 Å². The van der Waals surface area contributed by atoms with Gasteiger partial charge < -0.3 is 95.4 Å². The molecule has 20 N–H and O–H groups in total. The molecule has 2 aromatic rings. The number of thioether (sulfide) groups is 1. The molecule has 4 rings (SSSR count). The SMILES string of the molecule is CC[C@H](C)[C@@H]1NC(=O)[C@H](C)NC(=O)[C@H](Cc2ccccc2)NC(=O)CSC[C@@H](C=O)NC(=O)[C@@H]2CCCN2C(=O)[C@H](Cc2ccccc2)NC(=O)[C@H](C(C)C)NC(=O)[C@H](CCCNC(=N)N)NC(=O)[C@H](CC(=O)O)NC(=O)[C@H](CCCNC(=N)N)NC(=O)[C@H]([C@@H](C)CC)NC(=O)[C@H](C)NC1=O. The van der Waals surface area contributed by atoms with E-state index >= 15 is 0 Å². The second-order valence-electron chi connectivity index (χ2n) is 25.7. The van der Waals surface area contributed by atoms with E-state index in [4.69, 9.17) is 22.3 Å². The van der Waals surface area contributed by atoms with Crippen LogP contribution in [0.3, 0.4) is 0 Å². The Morgan fingerprint density at radius 3 is 1.48 bits per heavy atom. The van der Waals surface area contributed by atoms with Gasteiger partial charge in [0.25, 0.3) is 0 Å². The van der Waals surface area contributed by atoms with Crippen LogP contribution in [0.25, 0.3) is 0 Å². The number of nitrogens with two attached hydrogens (primary N) is 2. The summed E-state index contributed by atoms with van der Waals surface area (Å²) >= 11 is 0.960. The normalized spacial score (nSPS) is 25.8. The van der Waals surface area contributed by atoms with Crippen molar-refractivity contribution in [1.82, 2.24) is 74.0 Å². The molecule has 0 radical (unpaired) electrons. The van der Waals surface area contributed by atoms with Gasteiger partial charge >= 0.3 is 5.97 Å². The van der Waals surface area contributed by atoms with Crippen LogP contribution in [-0.4, -0.2) is 209 Å².